The van der Waals surface area contributed by atoms with Gasteiger partial charge in [-0.3, -0.25) is 4.79 Å². The average molecular weight is 221 g/mol. The molecule has 2 aromatic carbocycles. The summed E-state index contributed by atoms with van der Waals surface area (Å²) < 4.78 is 0. The number of rotatable bonds is 2. The van der Waals surface area contributed by atoms with E-state index in [-0.39, 0.29) is 5.91 Å². The first-order chi connectivity index (χ1) is 8.36. The molecule has 0 heterocycles. The van der Waals surface area contributed by atoms with E-state index < -0.39 is 0 Å². The van der Waals surface area contributed by atoms with E-state index in [0.29, 0.717) is 5.56 Å². The number of carbonyl (C=O) groups excluding carboxylic acids is 1. The average Bonchev–Trinajstić information content (AvgIpc) is 2.41. The van der Waals surface area contributed by atoms with Gasteiger partial charge in [0.1, 0.15) is 0 Å². The highest BCUT2D eigenvalue weighted by Crippen LogP contribution is 2.01. The van der Waals surface area contributed by atoms with Crippen LogP contribution in [0.15, 0.2) is 65.7 Å². The van der Waals surface area contributed by atoms with Crippen LogP contribution >= 0.6 is 0 Å². The minimum absolute atomic E-state index is 0.280. The Morgan fingerprint density at radius 1 is 0.941 bits per heavy atom. The van der Waals surface area contributed by atoms with Gasteiger partial charge in [0.05, 0.1) is 0 Å². The van der Waals surface area contributed by atoms with Crippen LogP contribution in [0.3, 0.4) is 0 Å². The zero-order valence-corrected chi connectivity index (χ0v) is 9.21. The van der Waals surface area contributed by atoms with E-state index in [9.17, 15) is 4.79 Å². The molecule has 1 amide bonds. The van der Waals surface area contributed by atoms with Gasteiger partial charge in [0.15, 0.2) is 0 Å². The van der Waals surface area contributed by atoms with Crippen LogP contribution in [0.4, 0.5) is 0 Å². The highest BCUT2D eigenvalue weighted by atomic mass is 16.1. The number of carbonyl (C=O) groups is 1. The van der Waals surface area contributed by atoms with Gasteiger partial charge in [0.2, 0.25) is 0 Å². The number of hydrogen-bond acceptors (Lipinski definition) is 1. The third-order valence-corrected chi connectivity index (χ3v) is 2.22. The minimum Gasteiger partial charge on any atom is -0.266 e. The third kappa shape index (κ3) is 3.26. The van der Waals surface area contributed by atoms with Crippen LogP contribution in [0.1, 0.15) is 15.9 Å². The zero-order valence-electron chi connectivity index (χ0n) is 9.21. The molecule has 0 aliphatic rings. The molecule has 2 aromatic rings. The number of nitrogens with zero attached hydrogens (tertiary/aromatic N) is 1. The van der Waals surface area contributed by atoms with E-state index in [1.54, 1.807) is 18.2 Å². The summed E-state index contributed by atoms with van der Waals surface area (Å²) in [4.78, 5) is 15.3. The lowest BCUT2D eigenvalue weighted by molar-refractivity contribution is 0.100. The predicted molar refractivity (Wildman–Crippen MR) is 69.1 cm³/mol. The number of hydrogen-bond donors (Lipinski definition) is 0. The Kier molecular flexibility index (Phi) is 3.64. The summed E-state index contributed by atoms with van der Waals surface area (Å²) in [5, 5.41) is 0. The molecule has 17 heavy (non-hydrogen) atoms. The lowest BCUT2D eigenvalue weighted by Gasteiger charge is -1.90. The first-order valence-corrected chi connectivity index (χ1v) is 5.30. The van der Waals surface area contributed by atoms with Gasteiger partial charge in [-0.1, -0.05) is 48.5 Å². The second-order valence-corrected chi connectivity index (χ2v) is 3.47. The fourth-order valence-corrected chi connectivity index (χ4v) is 1.36. The second-order valence-electron chi connectivity index (χ2n) is 3.47. The predicted octanol–water partition coefficient (Wildman–Crippen LogP) is 3.21. The summed E-state index contributed by atoms with van der Waals surface area (Å²) >= 11 is 0. The minimum atomic E-state index is -0.280. The summed E-state index contributed by atoms with van der Waals surface area (Å²) in [6.07, 6.45) is 1.68. The quantitative estimate of drug-likeness (QED) is 0.716. The van der Waals surface area contributed by atoms with E-state index in [2.05, 4.69) is 10.9 Å². The Balaban J connectivity index is 2.12. The molecule has 2 rings (SSSR count). The van der Waals surface area contributed by atoms with Crippen LogP contribution in [0.2, 0.25) is 0 Å². The van der Waals surface area contributed by atoms with Gasteiger partial charge in [-0.2, -0.15) is 4.99 Å². The lowest BCUT2D eigenvalue weighted by atomic mass is 10.2. The van der Waals surface area contributed by atoms with Crippen molar-refractivity contribution in [1.82, 2.24) is 0 Å². The van der Waals surface area contributed by atoms with Gasteiger partial charge in [-0.05, 0) is 23.6 Å². The molecule has 2 nitrogen and oxygen atoms in total. The molecule has 0 spiro atoms. The number of benzene rings is 2. The van der Waals surface area contributed by atoms with E-state index in [1.807, 2.05) is 48.5 Å². The summed E-state index contributed by atoms with van der Waals surface area (Å²) in [6, 6.07) is 18.6. The van der Waals surface area contributed by atoms with Gasteiger partial charge in [0.25, 0.3) is 5.91 Å². The Bertz CT molecular complexity index is 552. The Labute approximate surface area is 100.0 Å². The van der Waals surface area contributed by atoms with Gasteiger partial charge < -0.3 is 0 Å². The SMILES string of the molecule is O=C(N=C=Cc1ccccc1)c1ccccc1. The molecule has 0 saturated carbocycles. The summed E-state index contributed by atoms with van der Waals surface area (Å²) in [7, 11) is 0. The Morgan fingerprint density at radius 2 is 1.53 bits per heavy atom. The van der Waals surface area contributed by atoms with Gasteiger partial charge in [-0.25, -0.2) is 0 Å². The van der Waals surface area contributed by atoms with Crippen molar-refractivity contribution in [2.45, 2.75) is 0 Å². The van der Waals surface area contributed by atoms with Crippen LogP contribution < -0.4 is 0 Å². The van der Waals surface area contributed by atoms with Crippen molar-refractivity contribution in [3.8, 4) is 0 Å². The smallest absolute Gasteiger partial charge is 0.266 e. The molecular formula is C15H11NO. The molecule has 0 saturated heterocycles. The van der Waals surface area contributed by atoms with E-state index in [0.717, 1.165) is 5.56 Å². The standard InChI is InChI=1S/C15H11NO/c17-15(14-9-5-2-6-10-14)16-12-11-13-7-3-1-4-8-13/h1-11H. The molecule has 82 valence electrons. The van der Waals surface area contributed by atoms with Crippen LogP contribution in [0.5, 0.6) is 0 Å². The molecule has 0 unspecified atom stereocenters. The highest BCUT2D eigenvalue weighted by Gasteiger charge is 1.99. The topological polar surface area (TPSA) is 29.4 Å². The van der Waals surface area contributed by atoms with Crippen LogP contribution in [0, 0.1) is 0 Å². The van der Waals surface area contributed by atoms with Crippen LogP contribution in [0.25, 0.3) is 6.08 Å². The first-order valence-electron chi connectivity index (χ1n) is 5.30. The van der Waals surface area contributed by atoms with Crippen molar-refractivity contribution in [3.63, 3.8) is 0 Å². The van der Waals surface area contributed by atoms with Crippen molar-refractivity contribution in [3.05, 3.63) is 71.8 Å². The monoisotopic (exact) mass is 221 g/mol. The van der Waals surface area contributed by atoms with Gasteiger partial charge in [0, 0.05) is 11.6 Å². The number of amides is 1. The lowest BCUT2D eigenvalue weighted by Crippen LogP contribution is -1.92. The highest BCUT2D eigenvalue weighted by molar-refractivity contribution is 6.00. The third-order valence-electron chi connectivity index (χ3n) is 2.22. The normalized spacial score (nSPS) is 9.18. The fourth-order valence-electron chi connectivity index (χ4n) is 1.36. The van der Waals surface area contributed by atoms with Crippen molar-refractivity contribution in [2.24, 2.45) is 4.99 Å². The molecule has 0 atom stereocenters. The molecule has 0 radical (unpaired) electrons. The largest absolute Gasteiger partial charge is 0.285 e. The van der Waals surface area contributed by atoms with Crippen LogP contribution in [-0.2, 0) is 0 Å². The van der Waals surface area contributed by atoms with E-state index in [1.165, 1.54) is 0 Å². The maximum absolute atomic E-state index is 11.6. The second kappa shape index (κ2) is 5.59. The maximum atomic E-state index is 11.6. The fraction of sp³-hybridized carbons (Fsp3) is 0. The van der Waals surface area contributed by atoms with Gasteiger partial charge >= 0.3 is 0 Å². The molecule has 0 fully saturated rings. The summed E-state index contributed by atoms with van der Waals surface area (Å²) in [5.41, 5.74) is 1.54. The molecule has 0 aromatic heterocycles. The molecule has 0 N–H and O–H groups in total. The van der Waals surface area contributed by atoms with Crippen molar-refractivity contribution >= 4 is 17.9 Å². The van der Waals surface area contributed by atoms with E-state index in [4.69, 9.17) is 0 Å². The molecule has 0 aliphatic carbocycles. The zero-order chi connectivity index (χ0) is 11.9. The molecule has 0 bridgehead atoms. The van der Waals surface area contributed by atoms with Gasteiger partial charge in [-0.15, -0.1) is 0 Å². The molecular weight excluding hydrogens is 210 g/mol. The van der Waals surface area contributed by atoms with Crippen molar-refractivity contribution < 1.29 is 4.79 Å². The number of aliphatic imine (C=N–C) groups is 1. The first kappa shape index (κ1) is 11.1. The summed E-state index contributed by atoms with van der Waals surface area (Å²) in [6.45, 7) is 0. The maximum Gasteiger partial charge on any atom is 0.285 e. The summed E-state index contributed by atoms with van der Waals surface area (Å²) in [5.74, 6) is 2.37. The van der Waals surface area contributed by atoms with Crippen LogP contribution in [-0.4, -0.2) is 11.8 Å². The molecule has 2 heteroatoms. The Hall–Kier alpha value is -2.44. The van der Waals surface area contributed by atoms with E-state index >= 15 is 0 Å². The molecule has 0 aliphatic heterocycles. The van der Waals surface area contributed by atoms with Crippen molar-refractivity contribution in [2.75, 3.05) is 0 Å². The van der Waals surface area contributed by atoms with Crippen molar-refractivity contribution in [1.29, 1.82) is 0 Å². The Morgan fingerprint density at radius 3 is 2.18 bits per heavy atom.